The molecule has 0 aliphatic rings. The maximum absolute atomic E-state index is 12.8. The van der Waals surface area contributed by atoms with Gasteiger partial charge in [-0.15, -0.1) is 0 Å². The summed E-state index contributed by atoms with van der Waals surface area (Å²) in [5, 5.41) is 0. The van der Waals surface area contributed by atoms with Gasteiger partial charge >= 0.3 is 0 Å². The van der Waals surface area contributed by atoms with E-state index in [4.69, 9.17) is 11.5 Å². The summed E-state index contributed by atoms with van der Waals surface area (Å²) in [6.07, 6.45) is 0. The molecule has 0 aromatic heterocycles. The van der Waals surface area contributed by atoms with Crippen molar-refractivity contribution >= 4 is 11.4 Å². The third kappa shape index (κ3) is 1.24. The van der Waals surface area contributed by atoms with Crippen LogP contribution in [-0.4, -0.2) is 7.11 Å². The maximum Gasteiger partial charge on any atom is 0.205 e. The van der Waals surface area contributed by atoms with E-state index in [0.717, 1.165) is 7.11 Å². The number of nitrogen functional groups attached to an aromatic ring is 2. The summed E-state index contributed by atoms with van der Waals surface area (Å²) in [4.78, 5) is 0. The molecule has 0 fully saturated rings. The lowest BCUT2D eigenvalue weighted by atomic mass is 10.2. The summed E-state index contributed by atoms with van der Waals surface area (Å²) in [7, 11) is 1.07. The molecule has 0 bridgehead atoms. The van der Waals surface area contributed by atoms with Crippen molar-refractivity contribution in [2.75, 3.05) is 18.6 Å². The van der Waals surface area contributed by atoms with Gasteiger partial charge in [-0.3, -0.25) is 0 Å². The Morgan fingerprint density at radius 3 is 1.92 bits per heavy atom. The average Bonchev–Trinajstić information content (AvgIpc) is 2.13. The molecule has 0 unspecified atom stereocenters. The van der Waals surface area contributed by atoms with Gasteiger partial charge in [0.2, 0.25) is 11.6 Å². The highest BCUT2D eigenvalue weighted by Gasteiger charge is 2.22. The summed E-state index contributed by atoms with van der Waals surface area (Å²) in [6.45, 7) is 0. The van der Waals surface area contributed by atoms with Crippen LogP contribution in [-0.2, 0) is 0 Å². The van der Waals surface area contributed by atoms with Crippen molar-refractivity contribution in [1.82, 2.24) is 0 Å². The Morgan fingerprint density at radius 1 is 0.923 bits per heavy atom. The smallest absolute Gasteiger partial charge is 0.205 e. The van der Waals surface area contributed by atoms with E-state index in [9.17, 15) is 13.2 Å². The minimum absolute atomic E-state index is 0.445. The number of rotatable bonds is 1. The zero-order valence-electron chi connectivity index (χ0n) is 6.70. The van der Waals surface area contributed by atoms with Crippen LogP contribution < -0.4 is 16.2 Å². The van der Waals surface area contributed by atoms with Gasteiger partial charge in [0.1, 0.15) is 5.69 Å². The van der Waals surface area contributed by atoms with Crippen LogP contribution in [0.1, 0.15) is 0 Å². The molecular weight excluding hydrogens is 185 g/mol. The van der Waals surface area contributed by atoms with E-state index in [2.05, 4.69) is 4.74 Å². The molecule has 1 rings (SSSR count). The van der Waals surface area contributed by atoms with Gasteiger partial charge in [0.05, 0.1) is 12.8 Å². The molecule has 0 spiro atoms. The molecule has 0 radical (unpaired) electrons. The molecule has 0 aliphatic heterocycles. The van der Waals surface area contributed by atoms with Gasteiger partial charge in [0.15, 0.2) is 11.6 Å². The summed E-state index contributed by atoms with van der Waals surface area (Å²) >= 11 is 0. The minimum Gasteiger partial charge on any atom is -0.491 e. The third-order valence-electron chi connectivity index (χ3n) is 1.56. The number of benzene rings is 1. The van der Waals surface area contributed by atoms with E-state index in [-0.39, 0.29) is 0 Å². The van der Waals surface area contributed by atoms with Crippen molar-refractivity contribution in [3.8, 4) is 5.75 Å². The van der Waals surface area contributed by atoms with Gasteiger partial charge in [-0.05, 0) is 0 Å². The number of anilines is 2. The Hall–Kier alpha value is -1.59. The maximum atomic E-state index is 12.8. The van der Waals surface area contributed by atoms with Gasteiger partial charge in [0.25, 0.3) is 0 Å². The van der Waals surface area contributed by atoms with Crippen LogP contribution in [0.25, 0.3) is 0 Å². The van der Waals surface area contributed by atoms with Gasteiger partial charge in [-0.2, -0.15) is 4.39 Å². The van der Waals surface area contributed by atoms with Crippen molar-refractivity contribution in [3.63, 3.8) is 0 Å². The molecule has 0 atom stereocenters. The first-order chi connectivity index (χ1) is 6.00. The summed E-state index contributed by atoms with van der Waals surface area (Å²) in [5.74, 6) is -5.26. The van der Waals surface area contributed by atoms with Gasteiger partial charge < -0.3 is 16.2 Å². The van der Waals surface area contributed by atoms with Crippen LogP contribution in [0.2, 0.25) is 0 Å². The number of ether oxygens (including phenoxy) is 1. The van der Waals surface area contributed by atoms with Crippen molar-refractivity contribution in [2.45, 2.75) is 0 Å². The van der Waals surface area contributed by atoms with E-state index >= 15 is 0 Å². The Balaban J connectivity index is 3.56. The van der Waals surface area contributed by atoms with E-state index < -0.39 is 34.6 Å². The van der Waals surface area contributed by atoms with Gasteiger partial charge in [-0.25, -0.2) is 8.78 Å². The lowest BCUT2D eigenvalue weighted by Crippen LogP contribution is -2.06. The second-order valence-corrected chi connectivity index (χ2v) is 2.30. The molecule has 0 amide bonds. The number of hydrogen-bond donors (Lipinski definition) is 2. The predicted octanol–water partition coefficient (Wildman–Crippen LogP) is 1.28. The Kier molecular flexibility index (Phi) is 2.22. The van der Waals surface area contributed by atoms with Gasteiger partial charge in [0, 0.05) is 0 Å². The fourth-order valence-electron chi connectivity index (χ4n) is 0.873. The minimum atomic E-state index is -1.69. The first kappa shape index (κ1) is 9.50. The largest absolute Gasteiger partial charge is 0.491 e. The summed E-state index contributed by atoms with van der Waals surface area (Å²) in [6, 6.07) is 0. The molecule has 0 saturated heterocycles. The number of hydrogen-bond acceptors (Lipinski definition) is 3. The van der Waals surface area contributed by atoms with Crippen LogP contribution in [0.3, 0.4) is 0 Å². The van der Waals surface area contributed by atoms with Crippen molar-refractivity contribution in [3.05, 3.63) is 17.5 Å². The fraction of sp³-hybridized carbons (Fsp3) is 0.143. The van der Waals surface area contributed by atoms with Gasteiger partial charge in [-0.1, -0.05) is 0 Å². The molecule has 0 aliphatic carbocycles. The lowest BCUT2D eigenvalue weighted by Gasteiger charge is -2.09. The van der Waals surface area contributed by atoms with Crippen molar-refractivity contribution in [1.29, 1.82) is 0 Å². The first-order valence-electron chi connectivity index (χ1n) is 3.26. The monoisotopic (exact) mass is 192 g/mol. The molecule has 6 heteroatoms. The molecule has 1 aromatic carbocycles. The second-order valence-electron chi connectivity index (χ2n) is 2.30. The van der Waals surface area contributed by atoms with Crippen molar-refractivity contribution in [2.24, 2.45) is 0 Å². The van der Waals surface area contributed by atoms with E-state index in [0.29, 0.717) is 0 Å². The SMILES string of the molecule is COc1c(N)c(N)c(F)c(F)c1F. The Morgan fingerprint density at radius 2 is 1.46 bits per heavy atom. The van der Waals surface area contributed by atoms with Crippen LogP contribution in [0.15, 0.2) is 0 Å². The van der Waals surface area contributed by atoms with E-state index in [1.807, 2.05) is 0 Å². The number of halogens is 3. The van der Waals surface area contributed by atoms with Crippen LogP contribution in [0.5, 0.6) is 5.75 Å². The number of nitrogens with two attached hydrogens (primary N) is 2. The molecule has 1 aromatic rings. The van der Waals surface area contributed by atoms with Crippen LogP contribution in [0, 0.1) is 17.5 Å². The highest BCUT2D eigenvalue weighted by Crippen LogP contribution is 2.34. The normalized spacial score (nSPS) is 10.2. The van der Waals surface area contributed by atoms with E-state index in [1.165, 1.54) is 0 Å². The topological polar surface area (TPSA) is 61.3 Å². The quantitative estimate of drug-likeness (QED) is 0.520. The third-order valence-corrected chi connectivity index (χ3v) is 1.56. The van der Waals surface area contributed by atoms with Crippen LogP contribution >= 0.6 is 0 Å². The average molecular weight is 192 g/mol. The lowest BCUT2D eigenvalue weighted by molar-refractivity contribution is 0.364. The Bertz CT molecular complexity index is 325. The van der Waals surface area contributed by atoms with Crippen LogP contribution in [0.4, 0.5) is 24.5 Å². The van der Waals surface area contributed by atoms with E-state index in [1.54, 1.807) is 0 Å². The predicted molar refractivity (Wildman–Crippen MR) is 41.7 cm³/mol. The Labute approximate surface area is 72.1 Å². The molecule has 0 saturated carbocycles. The molecule has 3 nitrogen and oxygen atoms in total. The zero-order valence-corrected chi connectivity index (χ0v) is 6.70. The molecule has 0 heterocycles. The zero-order chi connectivity index (χ0) is 10.2. The fourth-order valence-corrected chi connectivity index (χ4v) is 0.873. The van der Waals surface area contributed by atoms with Crippen molar-refractivity contribution < 1.29 is 17.9 Å². The molecular formula is C7H7F3N2O. The molecule has 4 N–H and O–H groups in total. The molecule has 72 valence electrons. The highest BCUT2D eigenvalue weighted by molar-refractivity contribution is 5.71. The standard InChI is InChI=1S/C7H7F3N2O/c1-13-7-4(10)2(8)3(9)5(11)6(7)12/h11-12H2,1H3. The highest BCUT2D eigenvalue weighted by atomic mass is 19.2. The first-order valence-corrected chi connectivity index (χ1v) is 3.26. The summed E-state index contributed by atoms with van der Waals surface area (Å²) < 4.78 is 42.6. The second kappa shape index (κ2) is 3.04. The summed E-state index contributed by atoms with van der Waals surface area (Å²) in [5.41, 5.74) is 9.11. The number of methoxy groups -OCH3 is 1. The molecule has 13 heavy (non-hydrogen) atoms.